The molecule has 0 unspecified atom stereocenters. The molecule has 9 heteroatoms. The Morgan fingerprint density at radius 2 is 1.52 bits per heavy atom. The summed E-state index contributed by atoms with van der Waals surface area (Å²) in [4.78, 5) is 17.8. The standard InChI is InChI=1S/C14H15O8P/c15-10-3-1-9(2-4-10)8-14(17,18)12-7-11(16)5-6-13(12)22-23(19,20)21/h1-7,15-18H,8H2,(H2,19,20,21). The topological polar surface area (TPSA) is 148 Å². The largest absolute Gasteiger partial charge is 0.524 e. The molecule has 0 amide bonds. The lowest BCUT2D eigenvalue weighted by atomic mass is 9.97. The molecule has 23 heavy (non-hydrogen) atoms. The lowest BCUT2D eigenvalue weighted by molar-refractivity contribution is -0.168. The molecule has 0 heterocycles. The van der Waals surface area contributed by atoms with Crippen LogP contribution in [0.3, 0.4) is 0 Å². The number of rotatable bonds is 5. The van der Waals surface area contributed by atoms with Gasteiger partial charge in [0.2, 0.25) is 0 Å². The highest BCUT2D eigenvalue weighted by atomic mass is 31.2. The zero-order chi connectivity index (χ0) is 17.3. The van der Waals surface area contributed by atoms with Gasteiger partial charge in [-0.15, -0.1) is 0 Å². The van der Waals surface area contributed by atoms with Gasteiger partial charge >= 0.3 is 7.82 Å². The average molecular weight is 342 g/mol. The Morgan fingerprint density at radius 3 is 2.09 bits per heavy atom. The van der Waals surface area contributed by atoms with Crippen molar-refractivity contribution in [2.45, 2.75) is 12.2 Å². The highest BCUT2D eigenvalue weighted by Crippen LogP contribution is 2.43. The summed E-state index contributed by atoms with van der Waals surface area (Å²) < 4.78 is 15.4. The first-order valence-electron chi connectivity index (χ1n) is 6.38. The molecule has 0 aliphatic rings. The molecule has 2 rings (SSSR count). The number of aliphatic hydroxyl groups is 2. The normalized spacial score (nSPS) is 12.2. The Morgan fingerprint density at radius 1 is 0.957 bits per heavy atom. The van der Waals surface area contributed by atoms with Crippen LogP contribution in [0.25, 0.3) is 0 Å². The van der Waals surface area contributed by atoms with Crippen molar-refractivity contribution in [3.63, 3.8) is 0 Å². The monoisotopic (exact) mass is 342 g/mol. The summed E-state index contributed by atoms with van der Waals surface area (Å²) >= 11 is 0. The van der Waals surface area contributed by atoms with Gasteiger partial charge in [0.15, 0.2) is 5.79 Å². The van der Waals surface area contributed by atoms with Crippen LogP contribution < -0.4 is 4.52 Å². The van der Waals surface area contributed by atoms with Gasteiger partial charge in [0.25, 0.3) is 0 Å². The molecular weight excluding hydrogens is 327 g/mol. The van der Waals surface area contributed by atoms with Crippen LogP contribution in [0.4, 0.5) is 0 Å². The Hall–Kier alpha value is -2.09. The molecule has 0 saturated carbocycles. The highest BCUT2D eigenvalue weighted by Gasteiger charge is 2.32. The maximum absolute atomic E-state index is 11.0. The van der Waals surface area contributed by atoms with E-state index in [1.54, 1.807) is 0 Å². The van der Waals surface area contributed by atoms with E-state index in [1.807, 2.05) is 0 Å². The van der Waals surface area contributed by atoms with Crippen LogP contribution in [-0.4, -0.2) is 30.2 Å². The molecule has 0 atom stereocenters. The second-order valence-corrected chi connectivity index (χ2v) is 6.09. The Bertz CT molecular complexity index is 735. The number of phosphoric acid groups is 1. The Balaban J connectivity index is 2.39. The summed E-state index contributed by atoms with van der Waals surface area (Å²) in [6.07, 6.45) is -0.367. The van der Waals surface area contributed by atoms with Gasteiger partial charge in [0.1, 0.15) is 17.2 Å². The van der Waals surface area contributed by atoms with E-state index in [-0.39, 0.29) is 17.9 Å². The second kappa shape index (κ2) is 6.19. The van der Waals surface area contributed by atoms with E-state index in [0.29, 0.717) is 5.56 Å². The van der Waals surface area contributed by atoms with Crippen molar-refractivity contribution in [2.75, 3.05) is 0 Å². The SMILES string of the molecule is O=P(O)(O)Oc1ccc(O)cc1C(O)(O)Cc1ccc(O)cc1. The fourth-order valence-corrected chi connectivity index (χ4v) is 2.45. The van der Waals surface area contributed by atoms with Crippen molar-refractivity contribution in [3.8, 4) is 17.2 Å². The zero-order valence-electron chi connectivity index (χ0n) is 11.7. The quantitative estimate of drug-likeness (QED) is 0.348. The number of hydrogen-bond acceptors (Lipinski definition) is 6. The molecule has 0 radical (unpaired) electrons. The number of aromatic hydroxyl groups is 2. The first kappa shape index (κ1) is 17.3. The van der Waals surface area contributed by atoms with Gasteiger partial charge in [-0.3, -0.25) is 9.79 Å². The Kier molecular flexibility index (Phi) is 4.65. The fourth-order valence-electron chi connectivity index (χ4n) is 2.03. The lowest BCUT2D eigenvalue weighted by Gasteiger charge is -2.25. The number of benzene rings is 2. The van der Waals surface area contributed by atoms with Crippen molar-refractivity contribution in [2.24, 2.45) is 0 Å². The van der Waals surface area contributed by atoms with Crippen molar-refractivity contribution < 1.29 is 39.3 Å². The lowest BCUT2D eigenvalue weighted by Crippen LogP contribution is -2.28. The molecule has 8 nitrogen and oxygen atoms in total. The third kappa shape index (κ3) is 4.69. The molecule has 2 aromatic carbocycles. The first-order valence-corrected chi connectivity index (χ1v) is 7.91. The molecule has 0 spiro atoms. The second-order valence-electron chi connectivity index (χ2n) is 4.92. The van der Waals surface area contributed by atoms with E-state index in [2.05, 4.69) is 4.52 Å². The molecule has 6 N–H and O–H groups in total. The summed E-state index contributed by atoms with van der Waals surface area (Å²) in [5, 5.41) is 39.2. The molecule has 0 fully saturated rings. The van der Waals surface area contributed by atoms with Crippen LogP contribution >= 0.6 is 7.82 Å². The predicted molar refractivity (Wildman–Crippen MR) is 78.7 cm³/mol. The first-order chi connectivity index (χ1) is 10.6. The maximum atomic E-state index is 11.0. The molecule has 124 valence electrons. The third-order valence-electron chi connectivity index (χ3n) is 3.00. The molecule has 0 aliphatic carbocycles. The van der Waals surface area contributed by atoms with E-state index < -0.39 is 24.9 Å². The van der Waals surface area contributed by atoms with Gasteiger partial charge in [-0.05, 0) is 35.9 Å². The predicted octanol–water partition coefficient (Wildman–Crippen LogP) is 0.949. The highest BCUT2D eigenvalue weighted by molar-refractivity contribution is 7.46. The van der Waals surface area contributed by atoms with Crippen molar-refractivity contribution >= 4 is 7.82 Å². The maximum Gasteiger partial charge on any atom is 0.524 e. The van der Waals surface area contributed by atoms with Crippen molar-refractivity contribution in [1.29, 1.82) is 0 Å². The van der Waals surface area contributed by atoms with Crippen LogP contribution in [0.15, 0.2) is 42.5 Å². The van der Waals surface area contributed by atoms with Crippen LogP contribution in [0.1, 0.15) is 11.1 Å². The Labute approximate surface area is 131 Å². The van der Waals surface area contributed by atoms with Crippen LogP contribution in [0.5, 0.6) is 17.2 Å². The van der Waals surface area contributed by atoms with Gasteiger partial charge in [0, 0.05) is 6.42 Å². The number of phosphoric ester groups is 1. The van der Waals surface area contributed by atoms with Gasteiger partial charge in [-0.25, -0.2) is 4.57 Å². The smallest absolute Gasteiger partial charge is 0.508 e. The van der Waals surface area contributed by atoms with Gasteiger partial charge in [-0.2, -0.15) is 0 Å². The minimum absolute atomic E-state index is 0.00175. The molecule has 0 saturated heterocycles. The van der Waals surface area contributed by atoms with E-state index >= 15 is 0 Å². The molecule has 0 bridgehead atoms. The summed E-state index contributed by atoms with van der Waals surface area (Å²) in [5.74, 6) is -3.38. The third-order valence-corrected chi connectivity index (χ3v) is 3.43. The summed E-state index contributed by atoms with van der Waals surface area (Å²) in [6.45, 7) is 0. The van der Waals surface area contributed by atoms with Crippen molar-refractivity contribution in [1.82, 2.24) is 0 Å². The van der Waals surface area contributed by atoms with Crippen LogP contribution in [-0.2, 0) is 16.8 Å². The van der Waals surface area contributed by atoms with E-state index in [0.717, 1.165) is 18.2 Å². The molecular formula is C14H15O8P. The van der Waals surface area contributed by atoms with Crippen LogP contribution in [0.2, 0.25) is 0 Å². The number of phenols is 2. The fraction of sp³-hybridized carbons (Fsp3) is 0.143. The molecule has 0 aromatic heterocycles. The minimum atomic E-state index is -4.93. The van der Waals surface area contributed by atoms with Gasteiger partial charge in [0.05, 0.1) is 5.56 Å². The summed E-state index contributed by atoms with van der Waals surface area (Å²) in [6, 6.07) is 8.63. The van der Waals surface area contributed by atoms with Crippen molar-refractivity contribution in [3.05, 3.63) is 53.6 Å². The number of phenolic OH excluding ortho intramolecular Hbond substituents is 2. The molecule has 2 aromatic rings. The molecule has 0 aliphatic heterocycles. The van der Waals surface area contributed by atoms with E-state index in [4.69, 9.17) is 9.79 Å². The van der Waals surface area contributed by atoms with E-state index in [9.17, 15) is 25.0 Å². The summed E-state index contributed by atoms with van der Waals surface area (Å²) in [7, 11) is -4.93. The summed E-state index contributed by atoms with van der Waals surface area (Å²) in [5.41, 5.74) is 0.0205. The number of hydrogen-bond donors (Lipinski definition) is 6. The van der Waals surface area contributed by atoms with E-state index in [1.165, 1.54) is 24.3 Å². The minimum Gasteiger partial charge on any atom is -0.508 e. The van der Waals surface area contributed by atoms with Gasteiger partial charge in [-0.1, -0.05) is 12.1 Å². The average Bonchev–Trinajstić information content (AvgIpc) is 2.41. The van der Waals surface area contributed by atoms with Gasteiger partial charge < -0.3 is 24.9 Å². The van der Waals surface area contributed by atoms with Crippen LogP contribution in [0, 0.1) is 0 Å². The zero-order valence-corrected chi connectivity index (χ0v) is 12.6.